The largest absolute Gasteiger partial charge is 0.357 e. The lowest BCUT2D eigenvalue weighted by molar-refractivity contribution is 0.0590. The third-order valence-corrected chi connectivity index (χ3v) is 8.19. The van der Waals surface area contributed by atoms with Crippen molar-refractivity contribution in [2.75, 3.05) is 37.6 Å². The summed E-state index contributed by atoms with van der Waals surface area (Å²) in [6.07, 6.45) is 0. The Bertz CT molecular complexity index is 1190. The summed E-state index contributed by atoms with van der Waals surface area (Å²) in [4.78, 5) is 21.9. The molecule has 1 unspecified atom stereocenters. The van der Waals surface area contributed by atoms with Crippen LogP contribution in [0.25, 0.3) is 0 Å². The van der Waals surface area contributed by atoms with E-state index in [4.69, 9.17) is 5.26 Å². The highest BCUT2D eigenvalue weighted by Gasteiger charge is 2.35. The molecule has 0 radical (unpaired) electrons. The summed E-state index contributed by atoms with van der Waals surface area (Å²) < 4.78 is 27.9. The Morgan fingerprint density at radius 1 is 1.18 bits per heavy atom. The van der Waals surface area contributed by atoms with Crippen molar-refractivity contribution in [3.05, 3.63) is 52.7 Å². The van der Waals surface area contributed by atoms with Crippen LogP contribution >= 0.6 is 0 Å². The molecule has 2 aromatic rings. The number of nitrogens with zero attached hydrogens (tertiary/aromatic N) is 5. The molecule has 1 aromatic heterocycles. The summed E-state index contributed by atoms with van der Waals surface area (Å²) in [6.45, 7) is 11.9. The van der Waals surface area contributed by atoms with Crippen molar-refractivity contribution < 1.29 is 13.2 Å². The minimum Gasteiger partial charge on any atom is -0.357 e. The zero-order valence-electron chi connectivity index (χ0n) is 19.9. The summed E-state index contributed by atoms with van der Waals surface area (Å²) in [5.41, 5.74) is 2.17. The number of anilines is 1. The minimum absolute atomic E-state index is 0.134. The van der Waals surface area contributed by atoms with Crippen molar-refractivity contribution in [3.8, 4) is 6.07 Å². The molecule has 0 N–H and O–H groups in total. The average molecular weight is 470 g/mol. The van der Waals surface area contributed by atoms with Gasteiger partial charge in [0, 0.05) is 38.8 Å². The van der Waals surface area contributed by atoms with Gasteiger partial charge < -0.3 is 9.80 Å². The van der Waals surface area contributed by atoms with Crippen molar-refractivity contribution in [2.24, 2.45) is 0 Å². The molecule has 1 aliphatic heterocycles. The third-order valence-electron chi connectivity index (χ3n) is 6.16. The van der Waals surface area contributed by atoms with Crippen LogP contribution in [-0.2, 0) is 10.0 Å². The Balaban J connectivity index is 1.78. The monoisotopic (exact) mass is 469 g/mol. The summed E-state index contributed by atoms with van der Waals surface area (Å²) in [6, 6.07) is 9.99. The van der Waals surface area contributed by atoms with Gasteiger partial charge in [-0.1, -0.05) is 0 Å². The lowest BCUT2D eigenvalue weighted by Crippen LogP contribution is -2.55. The maximum Gasteiger partial charge on any atom is 0.256 e. The van der Waals surface area contributed by atoms with E-state index in [-0.39, 0.29) is 29.9 Å². The van der Waals surface area contributed by atoms with Crippen LogP contribution in [0.1, 0.15) is 48.0 Å². The van der Waals surface area contributed by atoms with Crippen molar-refractivity contribution in [1.82, 2.24) is 14.2 Å². The highest BCUT2D eigenvalue weighted by atomic mass is 32.2. The van der Waals surface area contributed by atoms with Gasteiger partial charge in [-0.3, -0.25) is 4.79 Å². The van der Waals surface area contributed by atoms with Gasteiger partial charge in [0.05, 0.1) is 27.8 Å². The van der Waals surface area contributed by atoms with E-state index in [0.29, 0.717) is 28.9 Å². The molecule has 0 aliphatic carbocycles. The van der Waals surface area contributed by atoms with Gasteiger partial charge in [0.25, 0.3) is 5.91 Å². The molecular weight excluding hydrogens is 438 g/mol. The molecule has 0 saturated carbocycles. The lowest BCUT2D eigenvalue weighted by Gasteiger charge is -2.39. The second kappa shape index (κ2) is 9.89. The van der Waals surface area contributed by atoms with E-state index < -0.39 is 10.0 Å². The molecule has 1 amide bonds. The van der Waals surface area contributed by atoms with Gasteiger partial charge in [-0.2, -0.15) is 9.57 Å². The molecule has 0 bridgehead atoms. The first-order valence-electron chi connectivity index (χ1n) is 11.2. The quantitative estimate of drug-likeness (QED) is 0.645. The maximum atomic E-state index is 13.3. The first-order valence-corrected chi connectivity index (χ1v) is 12.6. The van der Waals surface area contributed by atoms with Crippen molar-refractivity contribution >= 4 is 21.7 Å². The fourth-order valence-electron chi connectivity index (χ4n) is 4.24. The summed E-state index contributed by atoms with van der Waals surface area (Å²) in [7, 11) is -3.73. The molecule has 0 spiro atoms. The minimum atomic E-state index is -3.73. The number of nitriles is 1. The standard InChI is InChI=1S/C24H31N5O3S/c1-6-27(7-2)23-11-9-21(19(5)26-23)24(30)29-13-12-28(16-18(29)4)33(31,32)22-10-8-20(15-25)14-17(22)3/h8-11,14,18H,6-7,12-13,16H2,1-5H3. The maximum absolute atomic E-state index is 13.3. The molecular formula is C24H31N5O3S. The molecule has 1 fully saturated rings. The van der Waals surface area contributed by atoms with Gasteiger partial charge in [0.1, 0.15) is 5.82 Å². The predicted octanol–water partition coefficient (Wildman–Crippen LogP) is 2.95. The number of carbonyl (C=O) groups excluding carboxylic acids is 1. The average Bonchev–Trinajstić information content (AvgIpc) is 2.79. The van der Waals surface area contributed by atoms with Crippen LogP contribution in [0.2, 0.25) is 0 Å². The van der Waals surface area contributed by atoms with Crippen LogP contribution in [0.3, 0.4) is 0 Å². The van der Waals surface area contributed by atoms with Crippen molar-refractivity contribution in [2.45, 2.75) is 45.6 Å². The number of amides is 1. The van der Waals surface area contributed by atoms with Crippen molar-refractivity contribution in [1.29, 1.82) is 5.26 Å². The zero-order valence-corrected chi connectivity index (χ0v) is 20.7. The van der Waals surface area contributed by atoms with Crippen LogP contribution < -0.4 is 4.90 Å². The van der Waals surface area contributed by atoms with Gasteiger partial charge in [0.15, 0.2) is 0 Å². The van der Waals surface area contributed by atoms with Gasteiger partial charge in [-0.25, -0.2) is 13.4 Å². The van der Waals surface area contributed by atoms with Gasteiger partial charge in [-0.15, -0.1) is 0 Å². The van der Waals surface area contributed by atoms with Crippen LogP contribution in [-0.4, -0.2) is 67.3 Å². The Kier molecular flexibility index (Phi) is 7.40. The molecule has 176 valence electrons. The summed E-state index contributed by atoms with van der Waals surface area (Å²) >= 11 is 0. The summed E-state index contributed by atoms with van der Waals surface area (Å²) in [5.74, 6) is 0.709. The number of benzene rings is 1. The third kappa shape index (κ3) is 4.87. The number of aromatic nitrogens is 1. The number of hydrogen-bond acceptors (Lipinski definition) is 6. The molecule has 3 rings (SSSR count). The fraction of sp³-hybridized carbons (Fsp3) is 0.458. The van der Waals surface area contributed by atoms with E-state index in [1.807, 2.05) is 32.0 Å². The Hall–Kier alpha value is -2.96. The first-order chi connectivity index (χ1) is 15.6. The molecule has 33 heavy (non-hydrogen) atoms. The fourth-order valence-corrected chi connectivity index (χ4v) is 5.96. The van der Waals surface area contributed by atoms with Gasteiger partial charge in [0.2, 0.25) is 10.0 Å². The number of carbonyl (C=O) groups is 1. The van der Waals surface area contributed by atoms with E-state index in [9.17, 15) is 13.2 Å². The Labute approximate surface area is 196 Å². The number of aryl methyl sites for hydroxylation is 2. The van der Waals surface area contributed by atoms with E-state index in [0.717, 1.165) is 18.9 Å². The van der Waals surface area contributed by atoms with Gasteiger partial charge in [-0.05, 0) is 70.5 Å². The molecule has 9 heteroatoms. The van der Waals surface area contributed by atoms with E-state index in [1.54, 1.807) is 17.9 Å². The lowest BCUT2D eigenvalue weighted by atomic mass is 10.1. The number of rotatable bonds is 6. The Morgan fingerprint density at radius 2 is 1.88 bits per heavy atom. The molecule has 1 aliphatic rings. The van der Waals surface area contributed by atoms with Gasteiger partial charge >= 0.3 is 0 Å². The molecule has 1 atom stereocenters. The molecule has 2 heterocycles. The van der Waals surface area contributed by atoms with Crippen molar-refractivity contribution in [3.63, 3.8) is 0 Å². The number of sulfonamides is 1. The van der Waals surface area contributed by atoms with Crippen LogP contribution in [0, 0.1) is 25.2 Å². The Morgan fingerprint density at radius 3 is 2.42 bits per heavy atom. The predicted molar refractivity (Wildman–Crippen MR) is 128 cm³/mol. The van der Waals surface area contributed by atoms with Crippen LogP contribution in [0.5, 0.6) is 0 Å². The number of hydrogen-bond donors (Lipinski definition) is 0. The normalized spacial score (nSPS) is 17.0. The molecule has 1 saturated heterocycles. The van der Waals surface area contributed by atoms with Crippen LogP contribution in [0.4, 0.5) is 5.82 Å². The molecule has 1 aromatic carbocycles. The smallest absolute Gasteiger partial charge is 0.256 e. The van der Waals surface area contributed by atoms with E-state index in [1.165, 1.54) is 16.4 Å². The second-order valence-electron chi connectivity index (χ2n) is 8.28. The van der Waals surface area contributed by atoms with E-state index >= 15 is 0 Å². The highest BCUT2D eigenvalue weighted by Crippen LogP contribution is 2.25. The first kappa shape index (κ1) is 24.7. The summed E-state index contributed by atoms with van der Waals surface area (Å²) in [5, 5.41) is 9.05. The second-order valence-corrected chi connectivity index (χ2v) is 10.2. The van der Waals surface area contributed by atoms with E-state index in [2.05, 4.69) is 23.7 Å². The SMILES string of the molecule is CCN(CC)c1ccc(C(=O)N2CCN(S(=O)(=O)c3ccc(C#N)cc3C)CC2C)c(C)n1. The number of pyridine rings is 1. The number of piperazine rings is 1. The topological polar surface area (TPSA) is 97.6 Å². The van der Waals surface area contributed by atoms with Crippen LogP contribution in [0.15, 0.2) is 35.2 Å². The highest BCUT2D eigenvalue weighted by molar-refractivity contribution is 7.89. The molecule has 8 nitrogen and oxygen atoms in total. The zero-order chi connectivity index (χ0) is 24.3.